The number of amides is 1. The van der Waals surface area contributed by atoms with Crippen LogP contribution in [0.5, 0.6) is 11.5 Å². The highest BCUT2D eigenvalue weighted by atomic mass is 16.5. The van der Waals surface area contributed by atoms with Crippen molar-refractivity contribution in [2.24, 2.45) is 0 Å². The Kier molecular flexibility index (Phi) is 6.15. The summed E-state index contributed by atoms with van der Waals surface area (Å²) in [6, 6.07) is 5.14. The third-order valence-corrected chi connectivity index (χ3v) is 2.97. The highest BCUT2D eigenvalue weighted by Gasteiger charge is 2.08. The molecular weight excluding hydrogens is 244 g/mol. The summed E-state index contributed by atoms with van der Waals surface area (Å²) >= 11 is 0. The molecule has 0 atom stereocenters. The number of methoxy groups -OCH3 is 1. The molecular formula is C14H22N2O3. The molecule has 0 fully saturated rings. The van der Waals surface area contributed by atoms with E-state index < -0.39 is 0 Å². The molecule has 0 saturated heterocycles. The van der Waals surface area contributed by atoms with E-state index in [-0.39, 0.29) is 11.7 Å². The van der Waals surface area contributed by atoms with Gasteiger partial charge in [-0.25, -0.2) is 0 Å². The molecule has 0 aliphatic carbocycles. The number of carbonyl (C=O) groups is 1. The summed E-state index contributed by atoms with van der Waals surface area (Å²) in [6.45, 7) is 6.25. The Morgan fingerprint density at radius 3 is 2.63 bits per heavy atom. The van der Waals surface area contributed by atoms with E-state index in [0.717, 1.165) is 18.7 Å². The van der Waals surface area contributed by atoms with Crippen LogP contribution in [0.25, 0.3) is 0 Å². The van der Waals surface area contributed by atoms with Gasteiger partial charge in [-0.05, 0) is 31.5 Å². The van der Waals surface area contributed by atoms with Gasteiger partial charge in [-0.2, -0.15) is 0 Å². The average Bonchev–Trinajstić information content (AvgIpc) is 2.42. The molecule has 1 rings (SSSR count). The molecule has 0 aromatic heterocycles. The fraction of sp³-hybridized carbons (Fsp3) is 0.500. The number of benzene rings is 1. The monoisotopic (exact) mass is 266 g/mol. The summed E-state index contributed by atoms with van der Waals surface area (Å²) in [5.74, 6) is 0.649. The Morgan fingerprint density at radius 2 is 2.05 bits per heavy atom. The Labute approximate surface area is 114 Å². The molecule has 19 heavy (non-hydrogen) atoms. The number of rotatable bonds is 7. The van der Waals surface area contributed by atoms with Crippen LogP contribution in [0, 0.1) is 0 Å². The summed E-state index contributed by atoms with van der Waals surface area (Å²) in [5.41, 5.74) is 0.960. The molecule has 1 amide bonds. The van der Waals surface area contributed by atoms with Crippen LogP contribution in [-0.4, -0.2) is 42.7 Å². The largest absolute Gasteiger partial charge is 0.504 e. The van der Waals surface area contributed by atoms with Gasteiger partial charge >= 0.3 is 0 Å². The lowest BCUT2D eigenvalue weighted by atomic mass is 10.2. The summed E-state index contributed by atoms with van der Waals surface area (Å²) in [7, 11) is 1.51. The maximum atomic E-state index is 11.8. The summed E-state index contributed by atoms with van der Waals surface area (Å²) in [4.78, 5) is 13.6. The number of aromatic hydroxyl groups is 1. The number of likely N-dealkylation sites (N-methyl/N-ethyl adjacent to an activating group) is 1. The van der Waals surface area contributed by atoms with Crippen molar-refractivity contribution >= 4 is 5.91 Å². The van der Waals surface area contributed by atoms with Gasteiger partial charge in [0.2, 0.25) is 5.91 Å². The first-order valence-corrected chi connectivity index (χ1v) is 6.46. The quantitative estimate of drug-likeness (QED) is 0.782. The van der Waals surface area contributed by atoms with Gasteiger partial charge in [0.15, 0.2) is 11.5 Å². The van der Waals surface area contributed by atoms with E-state index in [1.54, 1.807) is 23.1 Å². The first-order valence-electron chi connectivity index (χ1n) is 6.46. The van der Waals surface area contributed by atoms with Crippen LogP contribution < -0.4 is 10.1 Å². The Hall–Kier alpha value is -1.75. The van der Waals surface area contributed by atoms with Gasteiger partial charge in [0.05, 0.1) is 13.7 Å². The molecule has 1 aromatic rings. The Balaban J connectivity index is 2.47. The minimum Gasteiger partial charge on any atom is -0.504 e. The number of nitrogens with one attached hydrogen (secondary N) is 1. The van der Waals surface area contributed by atoms with Crippen LogP contribution in [0.1, 0.15) is 19.4 Å². The van der Waals surface area contributed by atoms with Crippen LogP contribution in [-0.2, 0) is 11.3 Å². The van der Waals surface area contributed by atoms with Gasteiger partial charge in [-0.1, -0.05) is 6.07 Å². The van der Waals surface area contributed by atoms with Gasteiger partial charge in [-0.15, -0.1) is 0 Å². The third-order valence-electron chi connectivity index (χ3n) is 2.97. The molecule has 0 unspecified atom stereocenters. The number of ether oxygens (including phenoxy) is 1. The van der Waals surface area contributed by atoms with Crippen molar-refractivity contribution in [3.63, 3.8) is 0 Å². The predicted octanol–water partition coefficient (Wildman–Crippen LogP) is 1.36. The number of nitrogens with zero attached hydrogens (tertiary/aromatic N) is 1. The molecule has 1 aromatic carbocycles. The lowest BCUT2D eigenvalue weighted by Crippen LogP contribution is -2.37. The summed E-state index contributed by atoms with van der Waals surface area (Å²) < 4.78 is 5.03. The Bertz CT molecular complexity index is 417. The molecule has 0 radical (unpaired) electrons. The number of hydrogen-bond acceptors (Lipinski definition) is 4. The summed E-state index contributed by atoms with van der Waals surface area (Å²) in [6.07, 6.45) is 0. The smallest absolute Gasteiger partial charge is 0.236 e. The third kappa shape index (κ3) is 4.44. The first kappa shape index (κ1) is 15.3. The molecule has 2 N–H and O–H groups in total. The van der Waals surface area contributed by atoms with Gasteiger partial charge in [0.25, 0.3) is 0 Å². The van der Waals surface area contributed by atoms with Crippen molar-refractivity contribution in [1.29, 1.82) is 0 Å². The second-order valence-electron chi connectivity index (χ2n) is 4.18. The Morgan fingerprint density at radius 1 is 1.37 bits per heavy atom. The highest BCUT2D eigenvalue weighted by molar-refractivity contribution is 5.78. The van der Waals surface area contributed by atoms with Gasteiger partial charge in [0, 0.05) is 19.6 Å². The second-order valence-corrected chi connectivity index (χ2v) is 4.18. The van der Waals surface area contributed by atoms with E-state index in [9.17, 15) is 9.90 Å². The zero-order valence-corrected chi connectivity index (χ0v) is 11.8. The fourth-order valence-corrected chi connectivity index (χ4v) is 1.83. The minimum absolute atomic E-state index is 0.0933. The van der Waals surface area contributed by atoms with Crippen molar-refractivity contribution < 1.29 is 14.6 Å². The fourth-order valence-electron chi connectivity index (χ4n) is 1.83. The van der Waals surface area contributed by atoms with E-state index in [1.165, 1.54) is 7.11 Å². The normalized spacial score (nSPS) is 10.3. The van der Waals surface area contributed by atoms with Crippen LogP contribution in [0.4, 0.5) is 0 Å². The van der Waals surface area contributed by atoms with E-state index >= 15 is 0 Å². The molecule has 106 valence electrons. The van der Waals surface area contributed by atoms with Crippen LogP contribution in [0.2, 0.25) is 0 Å². The van der Waals surface area contributed by atoms with Gasteiger partial charge in [0.1, 0.15) is 0 Å². The number of carbonyl (C=O) groups excluding carboxylic acids is 1. The van der Waals surface area contributed by atoms with Gasteiger partial charge in [-0.3, -0.25) is 4.79 Å². The average molecular weight is 266 g/mol. The van der Waals surface area contributed by atoms with E-state index in [1.807, 2.05) is 13.8 Å². The van der Waals surface area contributed by atoms with E-state index in [2.05, 4.69) is 5.32 Å². The topological polar surface area (TPSA) is 61.8 Å². The van der Waals surface area contributed by atoms with Crippen molar-refractivity contribution in [3.05, 3.63) is 23.8 Å². The van der Waals surface area contributed by atoms with Crippen molar-refractivity contribution in [1.82, 2.24) is 10.2 Å². The number of phenolic OH excluding ortho intramolecular Hbond substituents is 1. The predicted molar refractivity (Wildman–Crippen MR) is 74.3 cm³/mol. The van der Waals surface area contributed by atoms with E-state index in [0.29, 0.717) is 18.8 Å². The zero-order valence-electron chi connectivity index (χ0n) is 11.8. The van der Waals surface area contributed by atoms with Crippen molar-refractivity contribution in [2.75, 3.05) is 26.7 Å². The molecule has 0 aliphatic rings. The maximum Gasteiger partial charge on any atom is 0.236 e. The molecule has 0 saturated carbocycles. The minimum atomic E-state index is 0.0933. The lowest BCUT2D eigenvalue weighted by Gasteiger charge is -2.18. The molecule has 5 nitrogen and oxygen atoms in total. The SMILES string of the molecule is CCN(CC)C(=O)CNCc1ccc(O)c(OC)c1. The van der Waals surface area contributed by atoms with Crippen LogP contribution in [0.3, 0.4) is 0 Å². The first-order chi connectivity index (χ1) is 9.12. The second kappa shape index (κ2) is 7.63. The maximum absolute atomic E-state index is 11.8. The molecule has 0 heterocycles. The van der Waals surface area contributed by atoms with Gasteiger partial charge < -0.3 is 20.1 Å². The van der Waals surface area contributed by atoms with Crippen LogP contribution >= 0.6 is 0 Å². The lowest BCUT2D eigenvalue weighted by molar-refractivity contribution is -0.129. The number of phenols is 1. The highest BCUT2D eigenvalue weighted by Crippen LogP contribution is 2.25. The van der Waals surface area contributed by atoms with Crippen molar-refractivity contribution in [3.8, 4) is 11.5 Å². The summed E-state index contributed by atoms with van der Waals surface area (Å²) in [5, 5.41) is 12.6. The molecule has 0 bridgehead atoms. The number of hydrogen-bond donors (Lipinski definition) is 2. The molecule has 0 spiro atoms. The van der Waals surface area contributed by atoms with E-state index in [4.69, 9.17) is 4.74 Å². The standard InChI is InChI=1S/C14H22N2O3/c1-4-16(5-2)14(18)10-15-9-11-6-7-12(17)13(8-11)19-3/h6-8,15,17H,4-5,9-10H2,1-3H3. The van der Waals surface area contributed by atoms with Crippen LogP contribution in [0.15, 0.2) is 18.2 Å². The zero-order chi connectivity index (χ0) is 14.3. The molecule has 0 aliphatic heterocycles. The molecule has 5 heteroatoms. The van der Waals surface area contributed by atoms with Crippen molar-refractivity contribution in [2.45, 2.75) is 20.4 Å².